The molecule has 1 N–H and O–H groups in total. The lowest BCUT2D eigenvalue weighted by Gasteiger charge is -2.09. The average molecular weight is 309 g/mol. The number of hydrogen-bond donors (Lipinski definition) is 1. The van der Waals surface area contributed by atoms with Crippen molar-refractivity contribution in [3.63, 3.8) is 0 Å². The SMILES string of the molecule is COCCn1c(CNC(=O)c2ccccc2)nc2ccccc21. The maximum atomic E-state index is 12.2. The molecule has 5 nitrogen and oxygen atoms in total. The Morgan fingerprint density at radius 1 is 1.13 bits per heavy atom. The molecule has 0 atom stereocenters. The minimum atomic E-state index is -0.101. The summed E-state index contributed by atoms with van der Waals surface area (Å²) in [6, 6.07) is 17.1. The topological polar surface area (TPSA) is 56.1 Å². The first-order valence-electron chi connectivity index (χ1n) is 7.56. The Morgan fingerprint density at radius 3 is 2.65 bits per heavy atom. The number of ether oxygens (including phenoxy) is 1. The number of imidazole rings is 1. The highest BCUT2D eigenvalue weighted by Crippen LogP contribution is 2.16. The number of carbonyl (C=O) groups excluding carboxylic acids is 1. The third-order valence-corrected chi connectivity index (χ3v) is 3.70. The van der Waals surface area contributed by atoms with Gasteiger partial charge in [0.1, 0.15) is 5.82 Å². The zero-order valence-corrected chi connectivity index (χ0v) is 13.0. The molecule has 0 saturated carbocycles. The van der Waals surface area contributed by atoms with E-state index in [0.29, 0.717) is 25.3 Å². The fourth-order valence-corrected chi connectivity index (χ4v) is 2.54. The normalized spacial score (nSPS) is 10.8. The molecular weight excluding hydrogens is 290 g/mol. The van der Waals surface area contributed by atoms with Gasteiger partial charge in [0, 0.05) is 19.2 Å². The van der Waals surface area contributed by atoms with Gasteiger partial charge in [0.05, 0.1) is 24.2 Å². The van der Waals surface area contributed by atoms with E-state index in [4.69, 9.17) is 4.74 Å². The zero-order valence-electron chi connectivity index (χ0n) is 13.0. The highest BCUT2D eigenvalue weighted by Gasteiger charge is 2.12. The van der Waals surface area contributed by atoms with Gasteiger partial charge in [0.25, 0.3) is 5.91 Å². The van der Waals surface area contributed by atoms with Crippen molar-refractivity contribution in [3.8, 4) is 0 Å². The molecule has 0 bridgehead atoms. The van der Waals surface area contributed by atoms with Crippen LogP contribution < -0.4 is 5.32 Å². The molecule has 1 amide bonds. The number of para-hydroxylation sites is 2. The zero-order chi connectivity index (χ0) is 16.1. The standard InChI is InChI=1S/C18H19N3O2/c1-23-12-11-21-16-10-6-5-9-15(16)20-17(21)13-19-18(22)14-7-3-2-4-8-14/h2-10H,11-13H2,1H3,(H,19,22). The number of methoxy groups -OCH3 is 1. The van der Waals surface area contributed by atoms with Crippen LogP contribution >= 0.6 is 0 Å². The molecule has 0 saturated heterocycles. The van der Waals surface area contributed by atoms with Crippen molar-refractivity contribution in [1.29, 1.82) is 0 Å². The lowest BCUT2D eigenvalue weighted by atomic mass is 10.2. The lowest BCUT2D eigenvalue weighted by Crippen LogP contribution is -2.25. The van der Waals surface area contributed by atoms with Crippen LogP contribution in [0.2, 0.25) is 0 Å². The van der Waals surface area contributed by atoms with Crippen LogP contribution in [-0.4, -0.2) is 29.2 Å². The van der Waals surface area contributed by atoms with Gasteiger partial charge in [-0.2, -0.15) is 0 Å². The molecule has 118 valence electrons. The van der Waals surface area contributed by atoms with E-state index in [1.807, 2.05) is 42.5 Å². The van der Waals surface area contributed by atoms with E-state index in [0.717, 1.165) is 16.9 Å². The molecule has 2 aromatic carbocycles. The first-order valence-corrected chi connectivity index (χ1v) is 7.56. The van der Waals surface area contributed by atoms with Crippen LogP contribution in [0.5, 0.6) is 0 Å². The van der Waals surface area contributed by atoms with Crippen molar-refractivity contribution in [1.82, 2.24) is 14.9 Å². The summed E-state index contributed by atoms with van der Waals surface area (Å²) >= 11 is 0. The quantitative estimate of drug-likeness (QED) is 0.761. The van der Waals surface area contributed by atoms with Crippen LogP contribution in [0, 0.1) is 0 Å². The maximum Gasteiger partial charge on any atom is 0.251 e. The minimum Gasteiger partial charge on any atom is -0.383 e. The van der Waals surface area contributed by atoms with Gasteiger partial charge in [-0.15, -0.1) is 0 Å². The Bertz CT molecular complexity index is 796. The second-order valence-electron chi connectivity index (χ2n) is 5.21. The molecule has 1 heterocycles. The van der Waals surface area contributed by atoms with E-state index in [1.165, 1.54) is 0 Å². The highest BCUT2D eigenvalue weighted by molar-refractivity contribution is 5.94. The van der Waals surface area contributed by atoms with E-state index in [9.17, 15) is 4.79 Å². The van der Waals surface area contributed by atoms with E-state index in [1.54, 1.807) is 19.2 Å². The van der Waals surface area contributed by atoms with Gasteiger partial charge in [-0.3, -0.25) is 4.79 Å². The number of amides is 1. The van der Waals surface area contributed by atoms with Gasteiger partial charge in [0.15, 0.2) is 0 Å². The number of hydrogen-bond acceptors (Lipinski definition) is 3. The summed E-state index contributed by atoms with van der Waals surface area (Å²) in [7, 11) is 1.68. The molecule has 3 rings (SSSR count). The monoisotopic (exact) mass is 309 g/mol. The van der Waals surface area contributed by atoms with Gasteiger partial charge in [-0.25, -0.2) is 4.98 Å². The Morgan fingerprint density at radius 2 is 1.87 bits per heavy atom. The van der Waals surface area contributed by atoms with Gasteiger partial charge in [-0.1, -0.05) is 30.3 Å². The molecule has 1 aromatic heterocycles. The third-order valence-electron chi connectivity index (χ3n) is 3.70. The van der Waals surface area contributed by atoms with E-state index in [2.05, 4.69) is 14.9 Å². The summed E-state index contributed by atoms with van der Waals surface area (Å²) in [6.45, 7) is 1.68. The molecule has 0 aliphatic carbocycles. The Labute approximate surface area is 134 Å². The molecule has 3 aromatic rings. The molecule has 23 heavy (non-hydrogen) atoms. The van der Waals surface area contributed by atoms with Crippen LogP contribution in [0.4, 0.5) is 0 Å². The van der Waals surface area contributed by atoms with Crippen LogP contribution in [0.15, 0.2) is 54.6 Å². The summed E-state index contributed by atoms with van der Waals surface area (Å²) in [5.41, 5.74) is 2.62. The fraction of sp³-hybridized carbons (Fsp3) is 0.222. The van der Waals surface area contributed by atoms with Crippen LogP contribution in [0.25, 0.3) is 11.0 Å². The van der Waals surface area contributed by atoms with Gasteiger partial charge < -0.3 is 14.6 Å². The van der Waals surface area contributed by atoms with Crippen molar-refractivity contribution in [2.45, 2.75) is 13.1 Å². The molecule has 0 aliphatic heterocycles. The predicted molar refractivity (Wildman–Crippen MR) is 89.2 cm³/mol. The minimum absolute atomic E-state index is 0.101. The lowest BCUT2D eigenvalue weighted by molar-refractivity contribution is 0.0949. The number of nitrogens with one attached hydrogen (secondary N) is 1. The molecule has 0 fully saturated rings. The molecule has 0 spiro atoms. The first-order chi connectivity index (χ1) is 11.3. The molecule has 0 unspecified atom stereocenters. The van der Waals surface area contributed by atoms with Crippen molar-refractivity contribution >= 4 is 16.9 Å². The molecular formula is C18H19N3O2. The van der Waals surface area contributed by atoms with Crippen molar-refractivity contribution in [3.05, 3.63) is 66.0 Å². The van der Waals surface area contributed by atoms with E-state index < -0.39 is 0 Å². The van der Waals surface area contributed by atoms with Crippen LogP contribution in [0.3, 0.4) is 0 Å². The average Bonchev–Trinajstić information content (AvgIpc) is 2.96. The number of fused-ring (bicyclic) bond motifs is 1. The third kappa shape index (κ3) is 3.40. The summed E-state index contributed by atoms with van der Waals surface area (Å²) in [4.78, 5) is 16.8. The second-order valence-corrected chi connectivity index (χ2v) is 5.21. The molecule has 0 radical (unpaired) electrons. The maximum absolute atomic E-state index is 12.2. The number of aromatic nitrogens is 2. The Hall–Kier alpha value is -2.66. The molecule has 5 heteroatoms. The Kier molecular flexibility index (Phi) is 4.68. The number of rotatable bonds is 6. The van der Waals surface area contributed by atoms with Crippen LogP contribution in [-0.2, 0) is 17.8 Å². The fourth-order valence-electron chi connectivity index (χ4n) is 2.54. The predicted octanol–water partition coefficient (Wildman–Crippen LogP) is 2.61. The van der Waals surface area contributed by atoms with Gasteiger partial charge in [0.2, 0.25) is 0 Å². The first kappa shape index (κ1) is 15.2. The van der Waals surface area contributed by atoms with Crippen molar-refractivity contribution in [2.24, 2.45) is 0 Å². The van der Waals surface area contributed by atoms with Gasteiger partial charge in [-0.05, 0) is 24.3 Å². The number of benzene rings is 2. The second kappa shape index (κ2) is 7.07. The van der Waals surface area contributed by atoms with Crippen LogP contribution in [0.1, 0.15) is 16.2 Å². The summed E-state index contributed by atoms with van der Waals surface area (Å²) in [5, 5.41) is 2.93. The smallest absolute Gasteiger partial charge is 0.251 e. The van der Waals surface area contributed by atoms with Crippen molar-refractivity contribution in [2.75, 3.05) is 13.7 Å². The molecule has 0 aliphatic rings. The Balaban J connectivity index is 1.80. The summed E-state index contributed by atoms with van der Waals surface area (Å²) in [6.07, 6.45) is 0. The summed E-state index contributed by atoms with van der Waals surface area (Å²) < 4.78 is 7.27. The largest absolute Gasteiger partial charge is 0.383 e. The van der Waals surface area contributed by atoms with Crippen molar-refractivity contribution < 1.29 is 9.53 Å². The van der Waals surface area contributed by atoms with E-state index in [-0.39, 0.29) is 5.91 Å². The van der Waals surface area contributed by atoms with E-state index >= 15 is 0 Å². The van der Waals surface area contributed by atoms with Gasteiger partial charge >= 0.3 is 0 Å². The number of nitrogens with zero attached hydrogens (tertiary/aromatic N) is 2. The highest BCUT2D eigenvalue weighted by atomic mass is 16.5. The summed E-state index contributed by atoms with van der Waals surface area (Å²) in [5.74, 6) is 0.725. The number of carbonyl (C=O) groups is 1.